The van der Waals surface area contributed by atoms with Crippen molar-refractivity contribution in [3.05, 3.63) is 30.1 Å². The van der Waals surface area contributed by atoms with Crippen molar-refractivity contribution < 1.29 is 14.0 Å². The second-order valence-corrected chi connectivity index (χ2v) is 4.80. The minimum absolute atomic E-state index is 0.00508. The van der Waals surface area contributed by atoms with Crippen LogP contribution in [0.1, 0.15) is 19.3 Å². The van der Waals surface area contributed by atoms with Crippen LogP contribution in [-0.2, 0) is 9.59 Å². The summed E-state index contributed by atoms with van der Waals surface area (Å²) >= 11 is 0. The number of carbonyl (C=O) groups is 2. The Morgan fingerprint density at radius 1 is 1.20 bits per heavy atom. The summed E-state index contributed by atoms with van der Waals surface area (Å²) in [7, 11) is 0. The van der Waals surface area contributed by atoms with Gasteiger partial charge in [-0.05, 0) is 25.0 Å². The van der Waals surface area contributed by atoms with E-state index in [-0.39, 0.29) is 24.0 Å². The van der Waals surface area contributed by atoms with E-state index in [9.17, 15) is 14.0 Å². The number of hydrogen-bond acceptors (Lipinski definition) is 3. The summed E-state index contributed by atoms with van der Waals surface area (Å²) in [4.78, 5) is 22.9. The Morgan fingerprint density at radius 3 is 2.65 bits per heavy atom. The summed E-state index contributed by atoms with van der Waals surface area (Å²) in [6, 6.07) is 6.34. The monoisotopic (exact) mass is 279 g/mol. The molecule has 0 aliphatic heterocycles. The van der Waals surface area contributed by atoms with E-state index < -0.39 is 5.82 Å². The van der Waals surface area contributed by atoms with Crippen molar-refractivity contribution in [3.8, 4) is 0 Å². The Hall–Kier alpha value is -1.95. The minimum Gasteiger partial charge on any atom is -0.353 e. The Kier molecular flexibility index (Phi) is 5.06. The molecule has 20 heavy (non-hydrogen) atoms. The fraction of sp³-hybridized carbons (Fsp3) is 0.429. The molecule has 1 aliphatic carbocycles. The topological polar surface area (TPSA) is 70.2 Å². The molecule has 0 atom stereocenters. The molecule has 0 aromatic heterocycles. The summed E-state index contributed by atoms with van der Waals surface area (Å²) < 4.78 is 13.3. The summed E-state index contributed by atoms with van der Waals surface area (Å²) in [5, 5.41) is 8.18. The molecule has 1 aromatic carbocycles. The number of rotatable bonds is 7. The summed E-state index contributed by atoms with van der Waals surface area (Å²) in [5.41, 5.74) is 0.158. The number of amides is 2. The van der Waals surface area contributed by atoms with Crippen LogP contribution in [0.25, 0.3) is 0 Å². The van der Waals surface area contributed by atoms with Crippen molar-refractivity contribution in [1.29, 1.82) is 0 Å². The highest BCUT2D eigenvalue weighted by atomic mass is 19.1. The predicted molar refractivity (Wildman–Crippen MR) is 73.7 cm³/mol. The van der Waals surface area contributed by atoms with E-state index in [0.717, 1.165) is 12.8 Å². The van der Waals surface area contributed by atoms with E-state index >= 15 is 0 Å². The van der Waals surface area contributed by atoms with Crippen molar-refractivity contribution in [2.24, 2.45) is 0 Å². The molecule has 2 amide bonds. The van der Waals surface area contributed by atoms with E-state index in [2.05, 4.69) is 16.0 Å². The molecule has 3 N–H and O–H groups in total. The van der Waals surface area contributed by atoms with Gasteiger partial charge < -0.3 is 16.0 Å². The van der Waals surface area contributed by atoms with Gasteiger partial charge in [-0.3, -0.25) is 9.59 Å². The van der Waals surface area contributed by atoms with Crippen LogP contribution in [0.5, 0.6) is 0 Å². The average molecular weight is 279 g/mol. The summed E-state index contributed by atoms with van der Waals surface area (Å²) in [6.07, 6.45) is 2.46. The third-order valence-electron chi connectivity index (χ3n) is 2.90. The maximum Gasteiger partial charge on any atom is 0.238 e. The molecule has 1 saturated carbocycles. The first-order valence-electron chi connectivity index (χ1n) is 6.69. The van der Waals surface area contributed by atoms with Gasteiger partial charge in [0.05, 0.1) is 12.2 Å². The number of hydrogen-bond donors (Lipinski definition) is 3. The Labute approximate surface area is 116 Å². The van der Waals surface area contributed by atoms with Crippen LogP contribution in [0.2, 0.25) is 0 Å². The molecule has 0 heterocycles. The molecule has 0 unspecified atom stereocenters. The molecule has 0 spiro atoms. The van der Waals surface area contributed by atoms with Gasteiger partial charge in [-0.15, -0.1) is 0 Å². The molecule has 0 saturated heterocycles. The van der Waals surface area contributed by atoms with E-state index in [4.69, 9.17) is 0 Å². The lowest BCUT2D eigenvalue weighted by atomic mass is 10.3. The molecule has 2 rings (SSSR count). The van der Waals surface area contributed by atoms with Crippen LogP contribution in [0.15, 0.2) is 24.3 Å². The number of anilines is 1. The lowest BCUT2D eigenvalue weighted by Crippen LogP contribution is -2.33. The predicted octanol–water partition coefficient (Wildman–Crippen LogP) is 1.02. The molecule has 0 radical (unpaired) electrons. The van der Waals surface area contributed by atoms with Crippen molar-refractivity contribution in [1.82, 2.24) is 10.6 Å². The van der Waals surface area contributed by atoms with Crippen molar-refractivity contribution >= 4 is 17.5 Å². The molecular formula is C14H18FN3O2. The molecular weight excluding hydrogens is 261 g/mol. The normalized spacial score (nSPS) is 13.8. The Balaban J connectivity index is 1.60. The van der Waals surface area contributed by atoms with Crippen LogP contribution in [0.3, 0.4) is 0 Å². The van der Waals surface area contributed by atoms with Gasteiger partial charge in [-0.2, -0.15) is 0 Å². The number of para-hydroxylation sites is 1. The van der Waals surface area contributed by atoms with Crippen LogP contribution < -0.4 is 16.0 Å². The first kappa shape index (κ1) is 14.5. The van der Waals surface area contributed by atoms with Crippen molar-refractivity contribution in [2.75, 3.05) is 18.4 Å². The zero-order chi connectivity index (χ0) is 14.4. The highest BCUT2D eigenvalue weighted by Gasteiger charge is 2.22. The van der Waals surface area contributed by atoms with Crippen molar-refractivity contribution in [2.45, 2.75) is 25.3 Å². The standard InChI is InChI=1S/C14H18FN3O2/c15-11-3-1-2-4-12(11)18-14(20)9-16-8-7-13(19)17-10-5-6-10/h1-4,10,16H,5-9H2,(H,17,19)(H,18,20). The second-order valence-electron chi connectivity index (χ2n) is 4.80. The van der Waals surface area contributed by atoms with Gasteiger partial charge in [0.2, 0.25) is 11.8 Å². The fourth-order valence-corrected chi connectivity index (χ4v) is 1.69. The van der Waals surface area contributed by atoms with Gasteiger partial charge in [-0.1, -0.05) is 12.1 Å². The maximum absolute atomic E-state index is 13.3. The zero-order valence-electron chi connectivity index (χ0n) is 11.1. The maximum atomic E-state index is 13.3. The van der Waals surface area contributed by atoms with Crippen LogP contribution in [0, 0.1) is 5.82 Å². The average Bonchev–Trinajstić information content (AvgIpc) is 3.21. The molecule has 1 aliphatic rings. The molecule has 0 bridgehead atoms. The first-order valence-corrected chi connectivity index (χ1v) is 6.69. The number of nitrogens with one attached hydrogen (secondary N) is 3. The molecule has 5 nitrogen and oxygen atoms in total. The second kappa shape index (κ2) is 7.00. The van der Waals surface area contributed by atoms with Gasteiger partial charge in [0, 0.05) is 19.0 Å². The fourth-order valence-electron chi connectivity index (χ4n) is 1.69. The van der Waals surface area contributed by atoms with Crippen LogP contribution in [-0.4, -0.2) is 30.9 Å². The van der Waals surface area contributed by atoms with E-state index in [1.807, 2.05) is 0 Å². The van der Waals surface area contributed by atoms with Gasteiger partial charge in [0.15, 0.2) is 0 Å². The van der Waals surface area contributed by atoms with Gasteiger partial charge in [0.25, 0.3) is 0 Å². The third kappa shape index (κ3) is 4.97. The minimum atomic E-state index is -0.468. The number of carbonyl (C=O) groups excluding carboxylic acids is 2. The van der Waals surface area contributed by atoms with E-state index in [0.29, 0.717) is 19.0 Å². The van der Waals surface area contributed by atoms with E-state index in [1.165, 1.54) is 12.1 Å². The highest BCUT2D eigenvalue weighted by molar-refractivity contribution is 5.92. The summed E-state index contributed by atoms with van der Waals surface area (Å²) in [6.45, 7) is 0.467. The lowest BCUT2D eigenvalue weighted by Gasteiger charge is -2.07. The van der Waals surface area contributed by atoms with E-state index in [1.54, 1.807) is 12.1 Å². The quantitative estimate of drug-likeness (QED) is 0.653. The Morgan fingerprint density at radius 2 is 1.95 bits per heavy atom. The largest absolute Gasteiger partial charge is 0.353 e. The highest BCUT2D eigenvalue weighted by Crippen LogP contribution is 2.18. The first-order chi connectivity index (χ1) is 9.65. The van der Waals surface area contributed by atoms with Crippen LogP contribution in [0.4, 0.5) is 10.1 Å². The molecule has 1 aromatic rings. The van der Waals surface area contributed by atoms with Gasteiger partial charge in [-0.25, -0.2) is 4.39 Å². The summed E-state index contributed by atoms with van der Waals surface area (Å²) in [5.74, 6) is -0.808. The number of benzene rings is 1. The number of halogens is 1. The van der Waals surface area contributed by atoms with Gasteiger partial charge >= 0.3 is 0 Å². The van der Waals surface area contributed by atoms with Gasteiger partial charge in [0.1, 0.15) is 5.82 Å². The van der Waals surface area contributed by atoms with Crippen molar-refractivity contribution in [3.63, 3.8) is 0 Å². The Bertz CT molecular complexity index is 489. The SMILES string of the molecule is O=C(CNCCC(=O)NC1CC1)Nc1ccccc1F. The molecule has 1 fully saturated rings. The third-order valence-corrected chi connectivity index (χ3v) is 2.90. The van der Waals surface area contributed by atoms with Crippen LogP contribution >= 0.6 is 0 Å². The zero-order valence-corrected chi connectivity index (χ0v) is 11.1. The molecule has 6 heteroatoms. The smallest absolute Gasteiger partial charge is 0.238 e. The lowest BCUT2D eigenvalue weighted by molar-refractivity contribution is -0.121. The molecule has 108 valence electrons.